The Morgan fingerprint density at radius 3 is 2.60 bits per heavy atom. The second kappa shape index (κ2) is 2.06. The summed E-state index contributed by atoms with van der Waals surface area (Å²) in [4.78, 5) is 10.6. The van der Waals surface area contributed by atoms with Gasteiger partial charge in [-0.1, -0.05) is 0 Å². The summed E-state index contributed by atoms with van der Waals surface area (Å²) in [5.41, 5.74) is -0.400. The van der Waals surface area contributed by atoms with Crippen molar-refractivity contribution in [3.8, 4) is 5.75 Å². The Balaban J connectivity index is 3.49. The molecule has 0 saturated carbocycles. The second-order valence-corrected chi connectivity index (χ2v) is 1.95. The van der Waals surface area contributed by atoms with Gasteiger partial charge in [0.2, 0.25) is 0 Å². The molecule has 0 spiro atoms. The highest BCUT2D eigenvalue weighted by Gasteiger charge is 2.00. The summed E-state index contributed by atoms with van der Waals surface area (Å²) in [6.45, 7) is 1.44. The number of aromatic nitrogens is 1. The first kappa shape index (κ1) is 6.67. The van der Waals surface area contributed by atoms with Gasteiger partial charge in [0, 0.05) is 6.07 Å². The van der Waals surface area contributed by atoms with Crippen LogP contribution in [0.25, 0.3) is 0 Å². The van der Waals surface area contributed by atoms with Crippen molar-refractivity contribution >= 4 is 0 Å². The molecule has 4 heteroatoms. The molecule has 0 saturated heterocycles. The van der Waals surface area contributed by atoms with Gasteiger partial charge in [0.05, 0.1) is 5.69 Å². The van der Waals surface area contributed by atoms with Crippen molar-refractivity contribution in [3.63, 3.8) is 0 Å². The SMILES string of the molecule is Cc1c(O)ccc(=O)n1O. The summed E-state index contributed by atoms with van der Waals surface area (Å²) in [6.07, 6.45) is 0. The van der Waals surface area contributed by atoms with Gasteiger partial charge in [-0.2, -0.15) is 0 Å². The van der Waals surface area contributed by atoms with E-state index in [-0.39, 0.29) is 11.4 Å². The van der Waals surface area contributed by atoms with Crippen molar-refractivity contribution < 1.29 is 10.3 Å². The topological polar surface area (TPSA) is 62.5 Å². The summed E-state index contributed by atoms with van der Waals surface area (Å²) in [6, 6.07) is 2.33. The molecule has 4 nitrogen and oxygen atoms in total. The molecule has 0 aliphatic heterocycles. The third kappa shape index (κ3) is 0.834. The van der Waals surface area contributed by atoms with Gasteiger partial charge in [0.1, 0.15) is 5.75 Å². The van der Waals surface area contributed by atoms with Crippen molar-refractivity contribution in [2.24, 2.45) is 0 Å². The highest BCUT2D eigenvalue weighted by atomic mass is 16.5. The monoisotopic (exact) mass is 141 g/mol. The number of aromatic hydroxyl groups is 1. The molecule has 0 fully saturated rings. The van der Waals surface area contributed by atoms with Crippen LogP contribution in [0.5, 0.6) is 5.75 Å². The quantitative estimate of drug-likeness (QED) is 0.503. The minimum Gasteiger partial charge on any atom is -0.506 e. The molecular weight excluding hydrogens is 134 g/mol. The molecule has 0 radical (unpaired) electrons. The molecule has 0 unspecified atom stereocenters. The van der Waals surface area contributed by atoms with Gasteiger partial charge in [-0.15, -0.1) is 4.73 Å². The lowest BCUT2D eigenvalue weighted by atomic mass is 10.3. The number of rotatable bonds is 0. The minimum absolute atomic E-state index is 0.0953. The van der Waals surface area contributed by atoms with Crippen LogP contribution in [0.15, 0.2) is 16.9 Å². The van der Waals surface area contributed by atoms with E-state index >= 15 is 0 Å². The Hall–Kier alpha value is -1.45. The standard InChI is InChI=1S/C6H7NO3/c1-4-5(8)2-3-6(9)7(4)10/h2-3,8,10H,1H3. The largest absolute Gasteiger partial charge is 0.506 e. The van der Waals surface area contributed by atoms with Crippen LogP contribution in [0.3, 0.4) is 0 Å². The summed E-state index contributed by atoms with van der Waals surface area (Å²) >= 11 is 0. The summed E-state index contributed by atoms with van der Waals surface area (Å²) < 4.78 is 0.398. The molecule has 10 heavy (non-hydrogen) atoms. The fourth-order valence-corrected chi connectivity index (χ4v) is 0.615. The number of nitrogens with zero attached hydrogens (tertiary/aromatic N) is 1. The number of pyridine rings is 1. The Bertz CT molecular complexity index is 302. The van der Waals surface area contributed by atoms with Crippen LogP contribution in [0, 0.1) is 6.92 Å². The first-order chi connectivity index (χ1) is 4.63. The van der Waals surface area contributed by atoms with Gasteiger partial charge < -0.3 is 10.3 Å². The smallest absolute Gasteiger partial charge is 0.283 e. The predicted molar refractivity (Wildman–Crippen MR) is 34.3 cm³/mol. The fourth-order valence-electron chi connectivity index (χ4n) is 0.615. The Kier molecular flexibility index (Phi) is 1.37. The molecule has 2 N–H and O–H groups in total. The molecule has 54 valence electrons. The molecule has 0 amide bonds. The van der Waals surface area contributed by atoms with Crippen LogP contribution >= 0.6 is 0 Å². The zero-order valence-electron chi connectivity index (χ0n) is 5.40. The first-order valence-electron chi connectivity index (χ1n) is 2.74. The zero-order valence-corrected chi connectivity index (χ0v) is 5.40. The van der Waals surface area contributed by atoms with E-state index in [1.807, 2.05) is 0 Å². The maximum absolute atomic E-state index is 10.6. The molecule has 1 aromatic rings. The van der Waals surface area contributed by atoms with Crippen LogP contribution in [0.4, 0.5) is 0 Å². The minimum atomic E-state index is -0.546. The molecule has 1 rings (SSSR count). The third-order valence-electron chi connectivity index (χ3n) is 1.28. The van der Waals surface area contributed by atoms with Crippen molar-refractivity contribution in [1.29, 1.82) is 0 Å². The van der Waals surface area contributed by atoms with Crippen LogP contribution in [-0.2, 0) is 0 Å². The summed E-state index contributed by atoms with van der Waals surface area (Å²) in [5, 5.41) is 17.7. The maximum atomic E-state index is 10.6. The van der Waals surface area contributed by atoms with Crippen LogP contribution in [0.1, 0.15) is 5.69 Å². The fraction of sp³-hybridized carbons (Fsp3) is 0.167. The van der Waals surface area contributed by atoms with Gasteiger partial charge in [-0.25, -0.2) is 0 Å². The molecule has 0 aromatic carbocycles. The van der Waals surface area contributed by atoms with Gasteiger partial charge in [0.25, 0.3) is 5.56 Å². The molecule has 1 heterocycles. The normalized spacial score (nSPS) is 9.70. The van der Waals surface area contributed by atoms with Gasteiger partial charge in [-0.3, -0.25) is 4.79 Å². The van der Waals surface area contributed by atoms with Gasteiger partial charge >= 0.3 is 0 Å². The van der Waals surface area contributed by atoms with Crippen molar-refractivity contribution in [1.82, 2.24) is 4.73 Å². The van der Waals surface area contributed by atoms with Crippen molar-refractivity contribution in [2.45, 2.75) is 6.92 Å². The Morgan fingerprint density at radius 2 is 2.10 bits per heavy atom. The third-order valence-corrected chi connectivity index (χ3v) is 1.28. The van der Waals surface area contributed by atoms with E-state index in [1.54, 1.807) is 0 Å². The highest BCUT2D eigenvalue weighted by Crippen LogP contribution is 2.09. The van der Waals surface area contributed by atoms with Crippen LogP contribution in [-0.4, -0.2) is 15.0 Å². The van der Waals surface area contributed by atoms with Crippen molar-refractivity contribution in [3.05, 3.63) is 28.2 Å². The van der Waals surface area contributed by atoms with E-state index < -0.39 is 5.56 Å². The number of hydrogen-bond acceptors (Lipinski definition) is 3. The van der Waals surface area contributed by atoms with Crippen LogP contribution in [0.2, 0.25) is 0 Å². The van der Waals surface area contributed by atoms with E-state index in [2.05, 4.69) is 0 Å². The number of hydrogen-bond donors (Lipinski definition) is 2. The molecule has 0 bridgehead atoms. The summed E-state index contributed by atoms with van der Waals surface area (Å²) in [5.74, 6) is -0.0953. The molecular formula is C6H7NO3. The molecule has 0 aliphatic carbocycles. The van der Waals surface area contributed by atoms with Gasteiger partial charge in [-0.05, 0) is 13.0 Å². The van der Waals surface area contributed by atoms with Crippen molar-refractivity contribution in [2.75, 3.05) is 0 Å². The lowest BCUT2D eigenvalue weighted by Gasteiger charge is -2.00. The maximum Gasteiger partial charge on any atom is 0.283 e. The average molecular weight is 141 g/mol. The molecule has 0 atom stereocenters. The average Bonchev–Trinajstić information content (AvgIpc) is 1.93. The second-order valence-electron chi connectivity index (χ2n) is 1.95. The zero-order chi connectivity index (χ0) is 7.72. The lowest BCUT2D eigenvalue weighted by Crippen LogP contribution is -2.17. The summed E-state index contributed by atoms with van der Waals surface area (Å²) in [7, 11) is 0. The first-order valence-corrected chi connectivity index (χ1v) is 2.74. The van der Waals surface area contributed by atoms with Gasteiger partial charge in [0.15, 0.2) is 0 Å². The van der Waals surface area contributed by atoms with E-state index in [9.17, 15) is 4.79 Å². The Morgan fingerprint density at radius 1 is 1.50 bits per heavy atom. The van der Waals surface area contributed by atoms with E-state index in [0.717, 1.165) is 6.07 Å². The molecule has 1 aromatic heterocycles. The lowest BCUT2D eigenvalue weighted by molar-refractivity contribution is 0.164. The predicted octanol–water partition coefficient (Wildman–Crippen LogP) is 0.0996. The highest BCUT2D eigenvalue weighted by molar-refractivity contribution is 5.23. The van der Waals surface area contributed by atoms with Crippen LogP contribution < -0.4 is 5.56 Å². The Labute approximate surface area is 56.9 Å². The van der Waals surface area contributed by atoms with E-state index in [4.69, 9.17) is 10.3 Å². The van der Waals surface area contributed by atoms with E-state index in [0.29, 0.717) is 4.73 Å². The van der Waals surface area contributed by atoms with E-state index in [1.165, 1.54) is 13.0 Å². The molecule has 0 aliphatic rings.